The maximum absolute atomic E-state index is 12.5. The molecule has 0 saturated carbocycles. The molecule has 142 valence electrons. The van der Waals surface area contributed by atoms with E-state index in [-0.39, 0.29) is 6.03 Å². The number of aryl methyl sites for hydroxylation is 1. The highest BCUT2D eigenvalue weighted by atomic mass is 32.1. The van der Waals surface area contributed by atoms with Gasteiger partial charge in [-0.2, -0.15) is 0 Å². The van der Waals surface area contributed by atoms with Gasteiger partial charge in [-0.25, -0.2) is 14.8 Å². The molecule has 2 aromatic heterocycles. The van der Waals surface area contributed by atoms with E-state index in [1.807, 2.05) is 47.3 Å². The lowest BCUT2D eigenvalue weighted by Crippen LogP contribution is -2.36. The summed E-state index contributed by atoms with van der Waals surface area (Å²) in [5.41, 5.74) is 2.99. The lowest BCUT2D eigenvalue weighted by Gasteiger charge is -2.18. The first-order valence-electron chi connectivity index (χ1n) is 8.97. The number of imidazole rings is 1. The third-order valence-electron chi connectivity index (χ3n) is 4.32. The molecule has 1 aromatic carbocycles. The van der Waals surface area contributed by atoms with Crippen molar-refractivity contribution in [3.8, 4) is 5.69 Å². The maximum Gasteiger partial charge on any atom is 0.317 e. The second kappa shape index (κ2) is 8.35. The van der Waals surface area contributed by atoms with E-state index >= 15 is 0 Å². The van der Waals surface area contributed by atoms with Crippen LogP contribution in [-0.2, 0) is 13.1 Å². The number of urea groups is 1. The van der Waals surface area contributed by atoms with Crippen molar-refractivity contribution in [1.29, 1.82) is 0 Å². The minimum atomic E-state index is -0.119. The number of rotatable bonds is 6. The minimum Gasteiger partial charge on any atom is -0.334 e. The van der Waals surface area contributed by atoms with Gasteiger partial charge in [-0.1, -0.05) is 32.0 Å². The Morgan fingerprint density at radius 3 is 2.78 bits per heavy atom. The quantitative estimate of drug-likeness (QED) is 0.697. The van der Waals surface area contributed by atoms with E-state index in [4.69, 9.17) is 0 Å². The number of thiazole rings is 1. The molecule has 2 amide bonds. The maximum atomic E-state index is 12.5. The predicted octanol–water partition coefficient (Wildman–Crippen LogP) is 4.10. The molecule has 0 atom stereocenters. The molecule has 0 fully saturated rings. The second-order valence-corrected chi connectivity index (χ2v) is 7.71. The normalized spacial score (nSPS) is 11.0. The highest BCUT2D eigenvalue weighted by Crippen LogP contribution is 2.20. The van der Waals surface area contributed by atoms with E-state index in [2.05, 4.69) is 29.1 Å². The molecule has 0 radical (unpaired) electrons. The summed E-state index contributed by atoms with van der Waals surface area (Å²) in [7, 11) is 1.79. The molecule has 0 aliphatic rings. The number of nitrogens with one attached hydrogen (secondary N) is 1. The van der Waals surface area contributed by atoms with Gasteiger partial charge in [-0.3, -0.25) is 0 Å². The molecular weight excluding hydrogens is 358 g/mol. The summed E-state index contributed by atoms with van der Waals surface area (Å²) < 4.78 is 2.02. The fourth-order valence-electron chi connectivity index (χ4n) is 2.81. The molecule has 6 nitrogen and oxygen atoms in total. The van der Waals surface area contributed by atoms with Crippen molar-refractivity contribution in [2.45, 2.75) is 39.8 Å². The fourth-order valence-corrected chi connectivity index (χ4v) is 3.64. The van der Waals surface area contributed by atoms with Gasteiger partial charge >= 0.3 is 6.03 Å². The summed E-state index contributed by atoms with van der Waals surface area (Å²) in [5.74, 6) is 1.32. The summed E-state index contributed by atoms with van der Waals surface area (Å²) in [5, 5.41) is 6.12. The van der Waals surface area contributed by atoms with Gasteiger partial charge in [0.05, 0.1) is 22.9 Å². The number of carbonyl (C=O) groups is 1. The third kappa shape index (κ3) is 4.54. The number of carbonyl (C=O) groups excluding carboxylic acids is 1. The molecule has 0 unspecified atom stereocenters. The zero-order chi connectivity index (χ0) is 19.4. The van der Waals surface area contributed by atoms with Crippen LogP contribution in [0.5, 0.6) is 0 Å². The van der Waals surface area contributed by atoms with E-state index in [0.29, 0.717) is 19.0 Å². The summed E-state index contributed by atoms with van der Waals surface area (Å²) in [4.78, 5) is 23.0. The van der Waals surface area contributed by atoms with Gasteiger partial charge in [0.25, 0.3) is 0 Å². The van der Waals surface area contributed by atoms with E-state index in [1.165, 1.54) is 0 Å². The number of nitrogens with zero attached hydrogens (tertiary/aromatic N) is 4. The van der Waals surface area contributed by atoms with Crippen molar-refractivity contribution in [3.63, 3.8) is 0 Å². The van der Waals surface area contributed by atoms with Gasteiger partial charge in [0.2, 0.25) is 0 Å². The minimum absolute atomic E-state index is 0.119. The monoisotopic (exact) mass is 383 g/mol. The Morgan fingerprint density at radius 1 is 1.33 bits per heavy atom. The van der Waals surface area contributed by atoms with Crippen LogP contribution in [0.4, 0.5) is 4.79 Å². The van der Waals surface area contributed by atoms with Crippen LogP contribution in [-0.4, -0.2) is 32.5 Å². The lowest BCUT2D eigenvalue weighted by atomic mass is 10.1. The van der Waals surface area contributed by atoms with E-state index in [0.717, 1.165) is 27.8 Å². The molecule has 2 heterocycles. The van der Waals surface area contributed by atoms with Gasteiger partial charge in [-0.15, -0.1) is 11.3 Å². The van der Waals surface area contributed by atoms with Gasteiger partial charge in [-0.05, 0) is 18.6 Å². The zero-order valence-corrected chi connectivity index (χ0v) is 17.0. The van der Waals surface area contributed by atoms with E-state index in [1.54, 1.807) is 29.5 Å². The second-order valence-electron chi connectivity index (χ2n) is 6.82. The Kier molecular flexibility index (Phi) is 5.91. The highest BCUT2D eigenvalue weighted by Gasteiger charge is 2.13. The Labute approximate surface area is 163 Å². The Bertz CT molecular complexity index is 915. The third-order valence-corrected chi connectivity index (χ3v) is 5.51. The van der Waals surface area contributed by atoms with Crippen LogP contribution >= 0.6 is 11.3 Å². The number of para-hydroxylation sites is 1. The number of hydrogen-bond donors (Lipinski definition) is 1. The molecule has 7 heteroatoms. The van der Waals surface area contributed by atoms with Crippen LogP contribution in [0.3, 0.4) is 0 Å². The van der Waals surface area contributed by atoms with Crippen LogP contribution in [0.25, 0.3) is 5.69 Å². The van der Waals surface area contributed by atoms with Crippen LogP contribution in [0.1, 0.15) is 41.9 Å². The SMILES string of the molecule is Cc1nccn1-c1ccccc1CNC(=O)N(C)Cc1csc(C(C)C)n1. The first kappa shape index (κ1) is 19.1. The average molecular weight is 384 g/mol. The Hall–Kier alpha value is -2.67. The molecular formula is C20H25N5OS. The Balaban J connectivity index is 1.63. The number of aromatic nitrogens is 3. The van der Waals surface area contributed by atoms with Gasteiger partial charge in [0.15, 0.2) is 0 Å². The van der Waals surface area contributed by atoms with Crippen molar-refractivity contribution in [2.75, 3.05) is 7.05 Å². The molecule has 0 aliphatic heterocycles. The topological polar surface area (TPSA) is 63.1 Å². The molecule has 0 saturated heterocycles. The number of amides is 2. The Morgan fingerprint density at radius 2 is 2.11 bits per heavy atom. The van der Waals surface area contributed by atoms with Gasteiger partial charge in [0.1, 0.15) is 5.82 Å². The van der Waals surface area contributed by atoms with Crippen molar-refractivity contribution < 1.29 is 4.79 Å². The molecule has 3 rings (SSSR count). The molecule has 0 spiro atoms. The summed E-state index contributed by atoms with van der Waals surface area (Å²) >= 11 is 1.65. The van der Waals surface area contributed by atoms with Crippen molar-refractivity contribution in [1.82, 2.24) is 24.8 Å². The molecule has 1 N–H and O–H groups in total. The standard InChI is InChI=1S/C20H25N5OS/c1-14(2)19-23-17(13-27-19)12-24(4)20(26)22-11-16-7-5-6-8-18(16)25-10-9-21-15(25)3/h5-10,13-14H,11-12H2,1-4H3,(H,22,26). The van der Waals surface area contributed by atoms with E-state index in [9.17, 15) is 4.79 Å². The number of hydrogen-bond acceptors (Lipinski definition) is 4. The van der Waals surface area contributed by atoms with Crippen LogP contribution < -0.4 is 5.32 Å². The van der Waals surface area contributed by atoms with Gasteiger partial charge in [0, 0.05) is 37.3 Å². The first-order chi connectivity index (χ1) is 13.0. The van der Waals surface area contributed by atoms with Crippen molar-refractivity contribution in [3.05, 3.63) is 64.1 Å². The molecule has 0 bridgehead atoms. The van der Waals surface area contributed by atoms with Crippen LogP contribution in [0, 0.1) is 6.92 Å². The van der Waals surface area contributed by atoms with Crippen molar-refractivity contribution in [2.24, 2.45) is 0 Å². The highest BCUT2D eigenvalue weighted by molar-refractivity contribution is 7.09. The first-order valence-corrected chi connectivity index (χ1v) is 9.85. The molecule has 27 heavy (non-hydrogen) atoms. The summed E-state index contributed by atoms with van der Waals surface area (Å²) in [6, 6.07) is 7.89. The largest absolute Gasteiger partial charge is 0.334 e. The van der Waals surface area contributed by atoms with E-state index < -0.39 is 0 Å². The molecule has 0 aliphatic carbocycles. The average Bonchev–Trinajstić information content (AvgIpc) is 3.29. The summed E-state index contributed by atoms with van der Waals surface area (Å²) in [6.45, 7) is 7.15. The van der Waals surface area contributed by atoms with Crippen LogP contribution in [0.2, 0.25) is 0 Å². The van der Waals surface area contributed by atoms with Crippen LogP contribution in [0.15, 0.2) is 42.0 Å². The fraction of sp³-hybridized carbons (Fsp3) is 0.350. The lowest BCUT2D eigenvalue weighted by molar-refractivity contribution is 0.206. The summed E-state index contributed by atoms with van der Waals surface area (Å²) in [6.07, 6.45) is 3.70. The van der Waals surface area contributed by atoms with Crippen molar-refractivity contribution >= 4 is 17.4 Å². The smallest absolute Gasteiger partial charge is 0.317 e. The molecule has 3 aromatic rings. The number of benzene rings is 1. The van der Waals surface area contributed by atoms with Gasteiger partial charge < -0.3 is 14.8 Å². The zero-order valence-electron chi connectivity index (χ0n) is 16.1. The predicted molar refractivity (Wildman–Crippen MR) is 108 cm³/mol.